The third kappa shape index (κ3) is 2.99. The molecular formula is C13H12Br2OS. The molecule has 0 aliphatic heterocycles. The molecule has 1 atom stereocenters. The summed E-state index contributed by atoms with van der Waals surface area (Å²) in [7, 11) is 0. The van der Waals surface area contributed by atoms with Gasteiger partial charge in [-0.1, -0.05) is 22.0 Å². The monoisotopic (exact) mass is 374 g/mol. The first-order chi connectivity index (χ1) is 7.97. The van der Waals surface area contributed by atoms with E-state index >= 15 is 0 Å². The summed E-state index contributed by atoms with van der Waals surface area (Å²) in [6, 6.07) is 7.99. The third-order valence-corrected chi connectivity index (χ3v) is 5.17. The number of aryl methyl sites for hydroxylation is 2. The third-order valence-electron chi connectivity index (χ3n) is 2.53. The Labute approximate surface area is 122 Å². The van der Waals surface area contributed by atoms with E-state index in [1.54, 1.807) is 11.3 Å². The van der Waals surface area contributed by atoms with E-state index in [9.17, 15) is 5.11 Å². The SMILES string of the molecule is Cc1cc(Br)cc(C(O)c2cc(Br)c(C)s2)c1. The van der Waals surface area contributed by atoms with Crippen LogP contribution < -0.4 is 0 Å². The second kappa shape index (κ2) is 5.22. The minimum Gasteiger partial charge on any atom is -0.383 e. The minimum absolute atomic E-state index is 0.554. The van der Waals surface area contributed by atoms with Crippen molar-refractivity contribution in [3.05, 3.63) is 54.1 Å². The van der Waals surface area contributed by atoms with E-state index < -0.39 is 6.10 Å². The van der Waals surface area contributed by atoms with Gasteiger partial charge < -0.3 is 5.11 Å². The second-order valence-corrected chi connectivity index (χ2v) is 7.08. The van der Waals surface area contributed by atoms with E-state index in [2.05, 4.69) is 31.9 Å². The lowest BCUT2D eigenvalue weighted by atomic mass is 10.1. The van der Waals surface area contributed by atoms with Crippen LogP contribution in [0.4, 0.5) is 0 Å². The molecule has 0 aliphatic rings. The van der Waals surface area contributed by atoms with Crippen molar-refractivity contribution < 1.29 is 5.11 Å². The Morgan fingerprint density at radius 2 is 1.82 bits per heavy atom. The van der Waals surface area contributed by atoms with Crippen LogP contribution in [-0.2, 0) is 0 Å². The van der Waals surface area contributed by atoms with Crippen molar-refractivity contribution in [2.75, 3.05) is 0 Å². The Kier molecular flexibility index (Phi) is 4.08. The molecule has 1 N–H and O–H groups in total. The maximum Gasteiger partial charge on any atom is 0.113 e. The highest BCUT2D eigenvalue weighted by atomic mass is 79.9. The highest BCUT2D eigenvalue weighted by molar-refractivity contribution is 9.10. The predicted octanol–water partition coefficient (Wildman–Crippen LogP) is 4.97. The fraction of sp³-hybridized carbons (Fsp3) is 0.231. The molecule has 2 rings (SSSR count). The summed E-state index contributed by atoms with van der Waals surface area (Å²) in [6.45, 7) is 4.06. The lowest BCUT2D eigenvalue weighted by Crippen LogP contribution is -1.97. The Hall–Kier alpha value is -0.160. The predicted molar refractivity (Wildman–Crippen MR) is 79.7 cm³/mol. The zero-order valence-electron chi connectivity index (χ0n) is 9.50. The van der Waals surface area contributed by atoms with Gasteiger partial charge in [-0.05, 0) is 59.1 Å². The molecule has 0 bridgehead atoms. The van der Waals surface area contributed by atoms with Gasteiger partial charge in [0, 0.05) is 18.7 Å². The fourth-order valence-electron chi connectivity index (χ4n) is 1.70. The number of benzene rings is 1. The van der Waals surface area contributed by atoms with Gasteiger partial charge in [0.2, 0.25) is 0 Å². The molecule has 0 fully saturated rings. The van der Waals surface area contributed by atoms with Gasteiger partial charge in [-0.25, -0.2) is 0 Å². The van der Waals surface area contributed by atoms with Gasteiger partial charge in [0.05, 0.1) is 0 Å². The van der Waals surface area contributed by atoms with Gasteiger partial charge in [-0.15, -0.1) is 11.3 Å². The maximum atomic E-state index is 10.3. The molecule has 1 heterocycles. The zero-order chi connectivity index (χ0) is 12.6. The van der Waals surface area contributed by atoms with Crippen LogP contribution in [0.15, 0.2) is 33.2 Å². The lowest BCUT2D eigenvalue weighted by Gasteiger charge is -2.10. The quantitative estimate of drug-likeness (QED) is 0.785. The van der Waals surface area contributed by atoms with Crippen LogP contribution in [0.1, 0.15) is 27.0 Å². The molecule has 0 amide bonds. The molecular weight excluding hydrogens is 364 g/mol. The van der Waals surface area contributed by atoms with Crippen molar-refractivity contribution in [3.8, 4) is 0 Å². The van der Waals surface area contributed by atoms with Gasteiger partial charge in [0.25, 0.3) is 0 Å². The van der Waals surface area contributed by atoms with Gasteiger partial charge >= 0.3 is 0 Å². The van der Waals surface area contributed by atoms with Crippen LogP contribution in [0.5, 0.6) is 0 Å². The van der Waals surface area contributed by atoms with E-state index in [-0.39, 0.29) is 0 Å². The Morgan fingerprint density at radius 1 is 1.12 bits per heavy atom. The van der Waals surface area contributed by atoms with Gasteiger partial charge in [-0.2, -0.15) is 0 Å². The van der Waals surface area contributed by atoms with Gasteiger partial charge in [0.15, 0.2) is 0 Å². The van der Waals surface area contributed by atoms with E-state index in [1.807, 2.05) is 38.1 Å². The van der Waals surface area contributed by atoms with Crippen molar-refractivity contribution in [2.45, 2.75) is 20.0 Å². The van der Waals surface area contributed by atoms with Crippen LogP contribution in [0.25, 0.3) is 0 Å². The van der Waals surface area contributed by atoms with Crippen molar-refractivity contribution in [1.29, 1.82) is 0 Å². The van der Waals surface area contributed by atoms with E-state index in [1.165, 1.54) is 4.88 Å². The summed E-state index contributed by atoms with van der Waals surface area (Å²) < 4.78 is 2.06. The first kappa shape index (κ1) is 13.3. The molecule has 0 aliphatic carbocycles. The summed E-state index contributed by atoms with van der Waals surface area (Å²) in [5, 5.41) is 10.3. The van der Waals surface area contributed by atoms with Gasteiger partial charge in [0.1, 0.15) is 6.10 Å². The van der Waals surface area contributed by atoms with Crippen molar-refractivity contribution in [2.24, 2.45) is 0 Å². The second-order valence-electron chi connectivity index (χ2n) is 4.02. The summed E-state index contributed by atoms with van der Waals surface area (Å²) in [5.74, 6) is 0. The number of aliphatic hydroxyl groups is 1. The van der Waals surface area contributed by atoms with Crippen LogP contribution in [-0.4, -0.2) is 5.11 Å². The molecule has 1 aromatic heterocycles. The highest BCUT2D eigenvalue weighted by Crippen LogP contribution is 2.34. The number of halogens is 2. The van der Waals surface area contributed by atoms with E-state index in [0.717, 1.165) is 24.9 Å². The summed E-state index contributed by atoms with van der Waals surface area (Å²) in [6.07, 6.45) is -0.554. The summed E-state index contributed by atoms with van der Waals surface area (Å²) in [5.41, 5.74) is 2.06. The molecule has 90 valence electrons. The summed E-state index contributed by atoms with van der Waals surface area (Å²) in [4.78, 5) is 2.15. The Bertz CT molecular complexity index is 509. The minimum atomic E-state index is -0.554. The number of hydrogen-bond donors (Lipinski definition) is 1. The van der Waals surface area contributed by atoms with Crippen LogP contribution in [0.3, 0.4) is 0 Å². The molecule has 0 saturated heterocycles. The van der Waals surface area contributed by atoms with Gasteiger partial charge in [-0.3, -0.25) is 0 Å². The Balaban J connectivity index is 2.39. The number of rotatable bonds is 2. The average molecular weight is 376 g/mol. The maximum absolute atomic E-state index is 10.3. The highest BCUT2D eigenvalue weighted by Gasteiger charge is 2.15. The largest absolute Gasteiger partial charge is 0.383 e. The molecule has 1 nitrogen and oxygen atoms in total. The number of thiophene rings is 1. The van der Waals surface area contributed by atoms with Crippen molar-refractivity contribution >= 4 is 43.2 Å². The van der Waals surface area contributed by atoms with Crippen molar-refractivity contribution in [3.63, 3.8) is 0 Å². The standard InChI is InChI=1S/C13H12Br2OS/c1-7-3-9(5-10(14)4-7)13(16)12-6-11(15)8(2)17-12/h3-6,13,16H,1-2H3. The van der Waals surface area contributed by atoms with Crippen LogP contribution >= 0.6 is 43.2 Å². The van der Waals surface area contributed by atoms with E-state index in [4.69, 9.17) is 0 Å². The molecule has 0 radical (unpaired) electrons. The molecule has 0 spiro atoms. The van der Waals surface area contributed by atoms with Crippen LogP contribution in [0.2, 0.25) is 0 Å². The summed E-state index contributed by atoms with van der Waals surface area (Å²) >= 11 is 8.55. The molecule has 1 aromatic carbocycles. The number of aliphatic hydroxyl groups excluding tert-OH is 1. The smallest absolute Gasteiger partial charge is 0.113 e. The first-order valence-electron chi connectivity index (χ1n) is 5.18. The Morgan fingerprint density at radius 3 is 2.35 bits per heavy atom. The molecule has 17 heavy (non-hydrogen) atoms. The fourth-order valence-corrected chi connectivity index (χ4v) is 3.90. The lowest BCUT2D eigenvalue weighted by molar-refractivity contribution is 0.224. The average Bonchev–Trinajstić information content (AvgIpc) is 2.57. The molecule has 4 heteroatoms. The zero-order valence-corrected chi connectivity index (χ0v) is 13.5. The van der Waals surface area contributed by atoms with Crippen LogP contribution in [0, 0.1) is 13.8 Å². The van der Waals surface area contributed by atoms with Crippen molar-refractivity contribution in [1.82, 2.24) is 0 Å². The molecule has 1 unspecified atom stereocenters. The molecule has 0 saturated carbocycles. The normalized spacial score (nSPS) is 12.8. The number of hydrogen-bond acceptors (Lipinski definition) is 2. The first-order valence-corrected chi connectivity index (χ1v) is 7.58. The van der Waals surface area contributed by atoms with E-state index in [0.29, 0.717) is 0 Å². The topological polar surface area (TPSA) is 20.2 Å². The molecule has 2 aromatic rings.